The second-order valence-electron chi connectivity index (χ2n) is 2.61. The summed E-state index contributed by atoms with van der Waals surface area (Å²) >= 11 is 3.23. The molecular formula is C9H11BrClNO2S. The third kappa shape index (κ3) is 4.34. The molecule has 84 valence electrons. The van der Waals surface area contributed by atoms with Crippen LogP contribution in [0.3, 0.4) is 0 Å². The molecule has 1 aromatic carbocycles. The highest BCUT2D eigenvalue weighted by atomic mass is 79.9. The number of halogens is 2. The zero-order valence-corrected chi connectivity index (χ0v) is 11.0. The van der Waals surface area contributed by atoms with Crippen molar-refractivity contribution < 1.29 is 8.42 Å². The van der Waals surface area contributed by atoms with Crippen molar-refractivity contribution in [2.24, 2.45) is 5.73 Å². The largest absolute Gasteiger partial charge is 0.327 e. The Labute approximate surface area is 104 Å². The minimum Gasteiger partial charge on any atom is -0.327 e. The van der Waals surface area contributed by atoms with Gasteiger partial charge in [-0.05, 0) is 24.3 Å². The van der Waals surface area contributed by atoms with Crippen LogP contribution in [0.2, 0.25) is 0 Å². The summed E-state index contributed by atoms with van der Waals surface area (Å²) in [5.41, 5.74) is 5.18. The fourth-order valence-electron chi connectivity index (χ4n) is 0.885. The number of hydrogen-bond acceptors (Lipinski definition) is 3. The highest BCUT2D eigenvalue weighted by molar-refractivity contribution is 9.10. The monoisotopic (exact) mass is 311 g/mol. The maximum atomic E-state index is 11.5. The summed E-state index contributed by atoms with van der Waals surface area (Å²) in [5.74, 6) is 0. The summed E-state index contributed by atoms with van der Waals surface area (Å²) < 4.78 is 23.9. The molecule has 0 unspecified atom stereocenters. The Morgan fingerprint density at radius 1 is 1.27 bits per heavy atom. The van der Waals surface area contributed by atoms with Gasteiger partial charge in [0.05, 0.1) is 4.90 Å². The van der Waals surface area contributed by atoms with Crippen LogP contribution in [-0.2, 0) is 9.84 Å². The van der Waals surface area contributed by atoms with E-state index in [-0.39, 0.29) is 23.8 Å². The van der Waals surface area contributed by atoms with Crippen molar-refractivity contribution >= 4 is 38.2 Å². The molecule has 1 aromatic rings. The van der Waals surface area contributed by atoms with Crippen LogP contribution < -0.4 is 5.73 Å². The van der Waals surface area contributed by atoms with Gasteiger partial charge in [0.2, 0.25) is 0 Å². The maximum absolute atomic E-state index is 11.5. The van der Waals surface area contributed by atoms with Crippen LogP contribution in [0.4, 0.5) is 0 Å². The molecule has 0 fully saturated rings. The fraction of sp³-hybridized carbons (Fsp3) is 0.111. The molecule has 0 atom stereocenters. The van der Waals surface area contributed by atoms with Crippen molar-refractivity contribution in [2.75, 3.05) is 6.54 Å². The van der Waals surface area contributed by atoms with Gasteiger partial charge < -0.3 is 5.73 Å². The van der Waals surface area contributed by atoms with Gasteiger partial charge in [0.25, 0.3) is 0 Å². The molecule has 0 saturated heterocycles. The Morgan fingerprint density at radius 2 is 1.80 bits per heavy atom. The smallest absolute Gasteiger partial charge is 0.199 e. The standard InChI is InChI=1S/C9H10BrNO2S.ClH/c10-8-2-4-9(5-3-8)14(12,13)7-1-6-11;/h1-5,7H,6,11H2;1H/b7-1+;. The van der Waals surface area contributed by atoms with Crippen LogP contribution in [0.15, 0.2) is 45.1 Å². The van der Waals surface area contributed by atoms with Gasteiger partial charge in [0, 0.05) is 16.4 Å². The van der Waals surface area contributed by atoms with Gasteiger partial charge in [-0.1, -0.05) is 22.0 Å². The first-order valence-electron chi connectivity index (χ1n) is 3.93. The third-order valence-electron chi connectivity index (χ3n) is 1.55. The molecule has 0 bridgehead atoms. The van der Waals surface area contributed by atoms with E-state index in [2.05, 4.69) is 15.9 Å². The molecule has 0 aliphatic heterocycles. The molecule has 1 rings (SSSR count). The Morgan fingerprint density at radius 3 is 2.27 bits per heavy atom. The Hall–Kier alpha value is -0.360. The zero-order chi connectivity index (χ0) is 10.6. The van der Waals surface area contributed by atoms with E-state index in [4.69, 9.17) is 5.73 Å². The van der Waals surface area contributed by atoms with E-state index < -0.39 is 9.84 Å². The van der Waals surface area contributed by atoms with Gasteiger partial charge in [-0.2, -0.15) is 0 Å². The predicted molar refractivity (Wildman–Crippen MR) is 66.8 cm³/mol. The first-order chi connectivity index (χ1) is 6.56. The van der Waals surface area contributed by atoms with Crippen molar-refractivity contribution in [1.29, 1.82) is 0 Å². The molecule has 2 N–H and O–H groups in total. The van der Waals surface area contributed by atoms with Crippen LogP contribution in [0.25, 0.3) is 0 Å². The van der Waals surface area contributed by atoms with E-state index in [9.17, 15) is 8.42 Å². The molecular weight excluding hydrogens is 302 g/mol. The van der Waals surface area contributed by atoms with Crippen LogP contribution in [0, 0.1) is 0 Å². The topological polar surface area (TPSA) is 60.2 Å². The molecule has 0 aromatic heterocycles. The molecule has 3 nitrogen and oxygen atoms in total. The molecule has 0 heterocycles. The molecule has 0 saturated carbocycles. The molecule has 0 amide bonds. The van der Waals surface area contributed by atoms with E-state index in [1.165, 1.54) is 6.08 Å². The molecule has 0 aliphatic carbocycles. The SMILES string of the molecule is Cl.NC/C=C/S(=O)(=O)c1ccc(Br)cc1. The van der Waals surface area contributed by atoms with E-state index in [1.54, 1.807) is 24.3 Å². The summed E-state index contributed by atoms with van der Waals surface area (Å²) in [4.78, 5) is 0.269. The molecule has 0 radical (unpaired) electrons. The quantitative estimate of drug-likeness (QED) is 0.930. The average Bonchev–Trinajstić information content (AvgIpc) is 2.16. The maximum Gasteiger partial charge on any atom is 0.199 e. The number of benzene rings is 1. The van der Waals surface area contributed by atoms with Crippen molar-refractivity contribution in [1.82, 2.24) is 0 Å². The zero-order valence-electron chi connectivity index (χ0n) is 7.76. The van der Waals surface area contributed by atoms with Crippen LogP contribution in [-0.4, -0.2) is 15.0 Å². The average molecular weight is 313 g/mol. The Bertz CT molecular complexity index is 428. The first kappa shape index (κ1) is 14.6. The minimum absolute atomic E-state index is 0. The highest BCUT2D eigenvalue weighted by Gasteiger charge is 2.08. The lowest BCUT2D eigenvalue weighted by Gasteiger charge is -1.98. The van der Waals surface area contributed by atoms with Gasteiger partial charge >= 0.3 is 0 Å². The second-order valence-corrected chi connectivity index (χ2v) is 5.36. The lowest BCUT2D eigenvalue weighted by Crippen LogP contribution is -1.99. The van der Waals surface area contributed by atoms with Gasteiger partial charge in [-0.25, -0.2) is 8.42 Å². The van der Waals surface area contributed by atoms with Gasteiger partial charge in [0.15, 0.2) is 9.84 Å². The van der Waals surface area contributed by atoms with Crippen molar-refractivity contribution in [3.05, 3.63) is 40.2 Å². The number of sulfone groups is 1. The van der Waals surface area contributed by atoms with Crippen molar-refractivity contribution in [3.63, 3.8) is 0 Å². The Balaban J connectivity index is 0.00000196. The van der Waals surface area contributed by atoms with E-state index in [1.807, 2.05) is 0 Å². The lowest BCUT2D eigenvalue weighted by atomic mass is 10.4. The van der Waals surface area contributed by atoms with Crippen LogP contribution in [0.1, 0.15) is 0 Å². The molecule has 6 heteroatoms. The normalized spacial score (nSPS) is 11.3. The predicted octanol–water partition coefficient (Wildman–Crippen LogP) is 2.12. The second kappa shape index (κ2) is 6.27. The van der Waals surface area contributed by atoms with Crippen molar-refractivity contribution in [3.8, 4) is 0 Å². The van der Waals surface area contributed by atoms with Crippen molar-refractivity contribution in [2.45, 2.75) is 4.90 Å². The number of hydrogen-bond donors (Lipinski definition) is 1. The highest BCUT2D eigenvalue weighted by Crippen LogP contribution is 2.16. The lowest BCUT2D eigenvalue weighted by molar-refractivity contribution is 0.604. The Kier molecular flexibility index (Phi) is 6.12. The summed E-state index contributed by atoms with van der Waals surface area (Å²) in [5, 5.41) is 1.12. The van der Waals surface area contributed by atoms with Gasteiger partial charge in [0.1, 0.15) is 0 Å². The van der Waals surface area contributed by atoms with Gasteiger partial charge in [-0.3, -0.25) is 0 Å². The van der Waals surface area contributed by atoms with E-state index >= 15 is 0 Å². The van der Waals surface area contributed by atoms with Crippen LogP contribution in [0.5, 0.6) is 0 Å². The summed E-state index contributed by atoms with van der Waals surface area (Å²) in [6.07, 6.45) is 1.41. The van der Waals surface area contributed by atoms with E-state index in [0.29, 0.717) is 0 Å². The third-order valence-corrected chi connectivity index (χ3v) is 3.56. The first-order valence-corrected chi connectivity index (χ1v) is 6.27. The molecule has 0 aliphatic rings. The number of nitrogens with two attached hydrogens (primary N) is 1. The molecule has 15 heavy (non-hydrogen) atoms. The van der Waals surface area contributed by atoms with E-state index in [0.717, 1.165) is 9.88 Å². The number of rotatable bonds is 3. The molecule has 0 spiro atoms. The summed E-state index contributed by atoms with van der Waals surface area (Å²) in [6, 6.07) is 6.45. The summed E-state index contributed by atoms with van der Waals surface area (Å²) in [7, 11) is -3.32. The van der Waals surface area contributed by atoms with Gasteiger partial charge in [-0.15, -0.1) is 12.4 Å². The summed E-state index contributed by atoms with van der Waals surface area (Å²) in [6.45, 7) is 0.218. The minimum atomic E-state index is -3.32. The van der Waals surface area contributed by atoms with Crippen LogP contribution >= 0.6 is 28.3 Å². The fourth-order valence-corrected chi connectivity index (χ4v) is 2.19.